The van der Waals surface area contributed by atoms with Crippen molar-refractivity contribution in [3.05, 3.63) is 60.7 Å². The quantitative estimate of drug-likeness (QED) is 0.437. The van der Waals surface area contributed by atoms with Crippen LogP contribution in [-0.4, -0.2) is 27.7 Å². The van der Waals surface area contributed by atoms with Crippen molar-refractivity contribution in [1.82, 2.24) is 9.97 Å². The Morgan fingerprint density at radius 3 is 2.41 bits per heavy atom. The molecule has 0 radical (unpaired) electrons. The number of phenols is 1. The fraction of sp³-hybridized carbons (Fsp3) is 0.250. The van der Waals surface area contributed by atoms with Gasteiger partial charge in [0.25, 0.3) is 0 Å². The Hall–Kier alpha value is -3.18. The molecule has 0 aliphatic carbocycles. The molecule has 0 fully saturated rings. The molecule has 4 N–H and O–H groups in total. The molecule has 0 amide bonds. The number of rotatable bonds is 6. The summed E-state index contributed by atoms with van der Waals surface area (Å²) >= 11 is 0. The van der Waals surface area contributed by atoms with Gasteiger partial charge in [0.05, 0.1) is 11.1 Å². The standard InChI is InChI=1S/C24H26N4O/c1-15(2)11-18(25)14-26-23-19-9-5-6-10-21(19)27-24(28-23)20-12-16-7-3-4-8-17(16)13-22(20)29/h3-10,12-13,15,18,29H,11,14,25H2,1-2H3,(H,26,27,28)/t18-/m0/s1. The molecule has 3 aromatic carbocycles. The number of nitrogens with two attached hydrogens (primary N) is 1. The van der Waals surface area contributed by atoms with Crippen LogP contribution >= 0.6 is 0 Å². The lowest BCUT2D eigenvalue weighted by molar-refractivity contribution is 0.477. The minimum Gasteiger partial charge on any atom is -0.507 e. The zero-order valence-corrected chi connectivity index (χ0v) is 16.8. The van der Waals surface area contributed by atoms with Crippen molar-refractivity contribution in [3.63, 3.8) is 0 Å². The van der Waals surface area contributed by atoms with Crippen LogP contribution in [0.5, 0.6) is 5.75 Å². The number of hydrogen-bond acceptors (Lipinski definition) is 5. The molecule has 0 aliphatic heterocycles. The number of aromatic hydroxyl groups is 1. The molecule has 4 aromatic rings. The topological polar surface area (TPSA) is 84.1 Å². The normalized spacial score (nSPS) is 12.6. The summed E-state index contributed by atoms with van der Waals surface area (Å²) in [6.45, 7) is 4.96. The van der Waals surface area contributed by atoms with E-state index in [2.05, 4.69) is 19.2 Å². The van der Waals surface area contributed by atoms with Gasteiger partial charge in [0.2, 0.25) is 0 Å². The molecule has 0 saturated heterocycles. The van der Waals surface area contributed by atoms with Gasteiger partial charge in [0, 0.05) is 18.0 Å². The fourth-order valence-corrected chi connectivity index (χ4v) is 3.66. The predicted molar refractivity (Wildman–Crippen MR) is 120 cm³/mol. The number of nitrogens with zero attached hydrogens (tertiary/aromatic N) is 2. The van der Waals surface area contributed by atoms with Crippen LogP contribution in [0, 0.1) is 5.92 Å². The van der Waals surface area contributed by atoms with Crippen LogP contribution < -0.4 is 11.1 Å². The van der Waals surface area contributed by atoms with E-state index < -0.39 is 0 Å². The first-order valence-corrected chi connectivity index (χ1v) is 9.99. The van der Waals surface area contributed by atoms with E-state index in [1.165, 1.54) is 0 Å². The number of para-hydroxylation sites is 1. The molecule has 1 atom stereocenters. The molecule has 4 rings (SSSR count). The van der Waals surface area contributed by atoms with Crippen LogP contribution in [0.1, 0.15) is 20.3 Å². The molecule has 0 spiro atoms. The van der Waals surface area contributed by atoms with Gasteiger partial charge in [0.1, 0.15) is 11.6 Å². The van der Waals surface area contributed by atoms with Gasteiger partial charge in [0.15, 0.2) is 5.82 Å². The average Bonchev–Trinajstić information content (AvgIpc) is 2.70. The molecule has 148 valence electrons. The lowest BCUT2D eigenvalue weighted by Gasteiger charge is -2.17. The molecule has 0 unspecified atom stereocenters. The largest absolute Gasteiger partial charge is 0.507 e. The third kappa shape index (κ3) is 4.15. The second kappa shape index (κ2) is 8.05. The Kier molecular flexibility index (Phi) is 5.32. The summed E-state index contributed by atoms with van der Waals surface area (Å²) in [4.78, 5) is 9.46. The van der Waals surface area contributed by atoms with E-state index in [9.17, 15) is 5.11 Å². The van der Waals surface area contributed by atoms with Gasteiger partial charge in [-0.15, -0.1) is 0 Å². The van der Waals surface area contributed by atoms with Gasteiger partial charge in [-0.05, 0) is 47.4 Å². The number of nitrogens with one attached hydrogen (secondary N) is 1. The summed E-state index contributed by atoms with van der Waals surface area (Å²) in [7, 11) is 0. The van der Waals surface area contributed by atoms with Gasteiger partial charge in [-0.25, -0.2) is 9.97 Å². The van der Waals surface area contributed by atoms with Gasteiger partial charge in [-0.1, -0.05) is 50.2 Å². The molecule has 5 heteroatoms. The molecule has 29 heavy (non-hydrogen) atoms. The molecule has 1 heterocycles. The second-order valence-corrected chi connectivity index (χ2v) is 7.90. The maximum Gasteiger partial charge on any atom is 0.165 e. The van der Waals surface area contributed by atoms with Crippen molar-refractivity contribution >= 4 is 27.5 Å². The molecule has 1 aromatic heterocycles. The first-order chi connectivity index (χ1) is 14.0. The van der Waals surface area contributed by atoms with Gasteiger partial charge < -0.3 is 16.2 Å². The Balaban J connectivity index is 1.77. The van der Waals surface area contributed by atoms with E-state index in [0.717, 1.165) is 33.9 Å². The number of anilines is 1. The maximum atomic E-state index is 10.6. The number of benzene rings is 3. The van der Waals surface area contributed by atoms with Crippen molar-refractivity contribution in [2.45, 2.75) is 26.3 Å². The van der Waals surface area contributed by atoms with Crippen molar-refractivity contribution < 1.29 is 5.11 Å². The predicted octanol–water partition coefficient (Wildman–Crippen LogP) is 4.94. The summed E-state index contributed by atoms with van der Waals surface area (Å²) in [6, 6.07) is 19.5. The summed E-state index contributed by atoms with van der Waals surface area (Å²) in [6.07, 6.45) is 0.939. The summed E-state index contributed by atoms with van der Waals surface area (Å²) in [5.74, 6) is 1.93. The first-order valence-electron chi connectivity index (χ1n) is 9.99. The lowest BCUT2D eigenvalue weighted by atomic mass is 10.0. The smallest absolute Gasteiger partial charge is 0.165 e. The van der Waals surface area contributed by atoms with Gasteiger partial charge in [-0.2, -0.15) is 0 Å². The number of hydrogen-bond donors (Lipinski definition) is 3. The van der Waals surface area contributed by atoms with Crippen molar-refractivity contribution in [2.75, 3.05) is 11.9 Å². The lowest BCUT2D eigenvalue weighted by Crippen LogP contribution is -2.30. The number of aromatic nitrogens is 2. The van der Waals surface area contributed by atoms with Crippen LogP contribution in [-0.2, 0) is 0 Å². The minimum atomic E-state index is 0.0428. The molecule has 5 nitrogen and oxygen atoms in total. The first kappa shape index (κ1) is 19.2. The Morgan fingerprint density at radius 1 is 0.966 bits per heavy atom. The summed E-state index contributed by atoms with van der Waals surface area (Å²) < 4.78 is 0. The SMILES string of the molecule is CC(C)C[C@H](N)CNc1nc(-c2cc3ccccc3cc2O)nc2ccccc12. The van der Waals surface area contributed by atoms with Crippen molar-refractivity contribution in [3.8, 4) is 17.1 Å². The molecule has 0 aliphatic rings. The van der Waals surface area contributed by atoms with E-state index in [1.807, 2.05) is 54.6 Å². The van der Waals surface area contributed by atoms with E-state index in [1.54, 1.807) is 6.07 Å². The van der Waals surface area contributed by atoms with Gasteiger partial charge >= 0.3 is 0 Å². The van der Waals surface area contributed by atoms with Crippen molar-refractivity contribution in [2.24, 2.45) is 11.7 Å². The minimum absolute atomic E-state index is 0.0428. The molecule has 0 bridgehead atoms. The highest BCUT2D eigenvalue weighted by atomic mass is 16.3. The molecular formula is C24H26N4O. The fourth-order valence-electron chi connectivity index (χ4n) is 3.66. The zero-order chi connectivity index (χ0) is 20.4. The average molecular weight is 386 g/mol. The highest BCUT2D eigenvalue weighted by Crippen LogP contribution is 2.33. The monoisotopic (exact) mass is 386 g/mol. The Morgan fingerprint density at radius 2 is 1.66 bits per heavy atom. The van der Waals surface area contributed by atoms with E-state index >= 15 is 0 Å². The third-order valence-electron chi connectivity index (χ3n) is 5.01. The Bertz CT molecular complexity index is 1160. The highest BCUT2D eigenvalue weighted by molar-refractivity contribution is 5.93. The highest BCUT2D eigenvalue weighted by Gasteiger charge is 2.14. The zero-order valence-electron chi connectivity index (χ0n) is 16.8. The van der Waals surface area contributed by atoms with E-state index in [4.69, 9.17) is 15.7 Å². The number of fused-ring (bicyclic) bond motifs is 2. The van der Waals surface area contributed by atoms with E-state index in [0.29, 0.717) is 23.9 Å². The second-order valence-electron chi connectivity index (χ2n) is 7.90. The van der Waals surface area contributed by atoms with Crippen LogP contribution in [0.2, 0.25) is 0 Å². The van der Waals surface area contributed by atoms with Crippen molar-refractivity contribution in [1.29, 1.82) is 0 Å². The van der Waals surface area contributed by atoms with Crippen LogP contribution in [0.4, 0.5) is 5.82 Å². The van der Waals surface area contributed by atoms with Crippen LogP contribution in [0.25, 0.3) is 33.1 Å². The van der Waals surface area contributed by atoms with E-state index in [-0.39, 0.29) is 11.8 Å². The summed E-state index contributed by atoms with van der Waals surface area (Å²) in [5, 5.41) is 17.0. The number of phenolic OH excluding ortho intramolecular Hbond substituents is 1. The Labute approximate surface area is 170 Å². The van der Waals surface area contributed by atoms with Crippen LogP contribution in [0.15, 0.2) is 60.7 Å². The third-order valence-corrected chi connectivity index (χ3v) is 5.01. The van der Waals surface area contributed by atoms with Crippen LogP contribution in [0.3, 0.4) is 0 Å². The van der Waals surface area contributed by atoms with Gasteiger partial charge in [-0.3, -0.25) is 0 Å². The maximum absolute atomic E-state index is 10.6. The molecular weight excluding hydrogens is 360 g/mol. The summed E-state index contributed by atoms with van der Waals surface area (Å²) in [5.41, 5.74) is 7.70. The molecule has 0 saturated carbocycles.